The quantitative estimate of drug-likeness (QED) is 0.280. The van der Waals surface area contributed by atoms with Crippen molar-refractivity contribution in [1.82, 2.24) is 14.7 Å². The summed E-state index contributed by atoms with van der Waals surface area (Å²) in [5, 5.41) is 11.4. The van der Waals surface area contributed by atoms with Crippen LogP contribution in [0.2, 0.25) is 0 Å². The molecular formula is C40H67N3O7. The van der Waals surface area contributed by atoms with Gasteiger partial charge in [0.25, 0.3) is 0 Å². The highest BCUT2D eigenvalue weighted by Crippen LogP contribution is 2.38. The van der Waals surface area contributed by atoms with Gasteiger partial charge in [0.05, 0.1) is 17.8 Å². The third-order valence-electron chi connectivity index (χ3n) is 11.8. The van der Waals surface area contributed by atoms with Crippen molar-refractivity contribution in [3.63, 3.8) is 0 Å². The summed E-state index contributed by atoms with van der Waals surface area (Å²) in [5.41, 5.74) is -0.984. The average molecular weight is 702 g/mol. The number of carbonyl (C=O) groups excluding carboxylic acids is 2. The minimum atomic E-state index is -1.41. The van der Waals surface area contributed by atoms with E-state index in [1.807, 2.05) is 32.8 Å². The molecule has 1 N–H and O–H groups in total. The third kappa shape index (κ3) is 9.94. The number of rotatable bonds is 9. The largest absolute Gasteiger partial charge is 0.463 e. The predicted molar refractivity (Wildman–Crippen MR) is 196 cm³/mol. The first-order valence-electron chi connectivity index (χ1n) is 19.0. The molecule has 0 amide bonds. The van der Waals surface area contributed by atoms with Gasteiger partial charge in [-0.05, 0) is 111 Å². The summed E-state index contributed by atoms with van der Waals surface area (Å²) in [7, 11) is 5.53. The smallest absolute Gasteiger partial charge is 0.319 e. The van der Waals surface area contributed by atoms with Crippen molar-refractivity contribution >= 4 is 11.8 Å². The summed E-state index contributed by atoms with van der Waals surface area (Å²) in [5.74, 6) is -0.856. The van der Waals surface area contributed by atoms with E-state index in [9.17, 15) is 14.7 Å². The van der Waals surface area contributed by atoms with Crippen LogP contribution in [0.3, 0.4) is 0 Å². The molecule has 3 aliphatic rings. The van der Waals surface area contributed by atoms with E-state index >= 15 is 0 Å². The minimum Gasteiger partial charge on any atom is -0.463 e. The number of ether oxygens (including phenoxy) is 4. The maximum atomic E-state index is 14.4. The highest BCUT2D eigenvalue weighted by Gasteiger charge is 2.51. The number of hydrogen-bond acceptors (Lipinski definition) is 10. The van der Waals surface area contributed by atoms with E-state index in [-0.39, 0.29) is 36.5 Å². The van der Waals surface area contributed by atoms with E-state index in [1.54, 1.807) is 27.9 Å². The van der Waals surface area contributed by atoms with Gasteiger partial charge in [0.15, 0.2) is 12.1 Å². The molecule has 1 aromatic rings. The van der Waals surface area contributed by atoms with Crippen molar-refractivity contribution in [3.05, 3.63) is 35.9 Å². The lowest BCUT2D eigenvalue weighted by Crippen LogP contribution is -2.59. The molecule has 284 valence electrons. The number of methoxy groups -OCH3 is 1. The molecule has 0 aromatic heterocycles. The summed E-state index contributed by atoms with van der Waals surface area (Å²) >= 11 is 0. The Balaban J connectivity index is 1.56. The fraction of sp³-hybridized carbons (Fsp3) is 0.800. The van der Waals surface area contributed by atoms with Gasteiger partial charge in [0.1, 0.15) is 18.1 Å². The number of esters is 1. The summed E-state index contributed by atoms with van der Waals surface area (Å²) in [4.78, 5) is 35.2. The number of likely N-dealkylation sites (tertiary alicyclic amines) is 1. The van der Waals surface area contributed by atoms with Crippen molar-refractivity contribution in [2.75, 3.05) is 54.0 Å². The molecule has 10 nitrogen and oxygen atoms in total. The second-order valence-corrected chi connectivity index (χ2v) is 16.5. The van der Waals surface area contributed by atoms with Crippen molar-refractivity contribution in [2.24, 2.45) is 23.2 Å². The van der Waals surface area contributed by atoms with Crippen LogP contribution < -0.4 is 0 Å². The molecular weight excluding hydrogens is 634 g/mol. The molecule has 0 aliphatic carbocycles. The van der Waals surface area contributed by atoms with E-state index < -0.39 is 41.4 Å². The second kappa shape index (κ2) is 17.7. The van der Waals surface area contributed by atoms with Crippen LogP contribution in [-0.2, 0) is 35.1 Å². The number of carbonyl (C=O) groups is 2. The molecule has 10 heteroatoms. The molecule has 3 saturated heterocycles. The van der Waals surface area contributed by atoms with Crippen LogP contribution in [0.25, 0.3) is 0 Å². The van der Waals surface area contributed by atoms with Gasteiger partial charge in [-0.3, -0.25) is 19.4 Å². The number of nitrogens with zero attached hydrogens (tertiary/aromatic N) is 3. The van der Waals surface area contributed by atoms with Gasteiger partial charge < -0.3 is 29.0 Å². The molecule has 9 atom stereocenters. The zero-order valence-corrected chi connectivity index (χ0v) is 32.6. The topological polar surface area (TPSA) is 101 Å². The Labute approximate surface area is 302 Å². The standard InChI is InChI=1S/C40H67N3O7/c1-11-43-24-27(2)23-40(7,47-10)36(50-37-34(44)33(41(8)9)21-28(3)49-37)29(4)35(45)39(5,6)38(46)48-26-32(43)22-30-17-19-42(20-18-30)25-31-15-13-12-14-16-31/h12-16,27-30,32-34,36-37,44H,11,17-26H2,1-10H3/t27-,28-,29+,32-,33+,34-,36-,37?,40-/m1/s1. The molecule has 4 rings (SSSR count). The van der Waals surface area contributed by atoms with Gasteiger partial charge >= 0.3 is 5.97 Å². The molecule has 0 spiro atoms. The molecule has 3 aliphatic heterocycles. The summed E-state index contributed by atoms with van der Waals surface area (Å²) in [6, 6.07) is 10.5. The van der Waals surface area contributed by atoms with Crippen LogP contribution in [0, 0.1) is 23.2 Å². The Morgan fingerprint density at radius 1 is 1.04 bits per heavy atom. The van der Waals surface area contributed by atoms with Gasteiger partial charge in [-0.1, -0.05) is 51.1 Å². The molecule has 0 bridgehead atoms. The number of likely N-dealkylation sites (N-methyl/N-ethyl adjacent to an activating group) is 2. The Morgan fingerprint density at radius 3 is 2.30 bits per heavy atom. The number of hydrogen-bond donors (Lipinski definition) is 1. The lowest BCUT2D eigenvalue weighted by Gasteiger charge is -2.47. The molecule has 0 radical (unpaired) electrons. The number of aliphatic hydroxyl groups excluding tert-OH is 1. The van der Waals surface area contributed by atoms with Crippen molar-refractivity contribution in [3.8, 4) is 0 Å². The van der Waals surface area contributed by atoms with Crippen LogP contribution in [0.15, 0.2) is 30.3 Å². The van der Waals surface area contributed by atoms with Crippen molar-refractivity contribution < 1.29 is 33.6 Å². The first-order chi connectivity index (χ1) is 23.6. The van der Waals surface area contributed by atoms with Gasteiger partial charge in [0, 0.05) is 38.2 Å². The number of benzene rings is 1. The summed E-state index contributed by atoms with van der Waals surface area (Å²) in [6.45, 7) is 18.4. The van der Waals surface area contributed by atoms with Crippen LogP contribution in [0.1, 0.15) is 86.1 Å². The average Bonchev–Trinajstić information content (AvgIpc) is 3.09. The fourth-order valence-corrected chi connectivity index (χ4v) is 8.69. The van der Waals surface area contributed by atoms with E-state index in [0.717, 1.165) is 52.0 Å². The SMILES string of the molecule is CCN1C[C@H](C)C[C@@](C)(OC)[C@H](OC2O[C@H](C)C[C@H](N(C)C)[C@H]2O)[C@@H](C)C(=O)C(C)(C)C(=O)OC[C@H]1CC1CCN(Cc2ccccc2)CC1. The predicted octanol–water partition coefficient (Wildman–Crippen LogP) is 5.01. The van der Waals surface area contributed by atoms with Crippen molar-refractivity contribution in [2.45, 2.75) is 129 Å². The number of ketones is 1. The van der Waals surface area contributed by atoms with Crippen molar-refractivity contribution in [1.29, 1.82) is 0 Å². The Hall–Kier alpha value is -1.92. The first kappa shape index (κ1) is 40.8. The molecule has 1 unspecified atom stereocenters. The molecule has 0 saturated carbocycles. The van der Waals surface area contributed by atoms with E-state index in [1.165, 1.54) is 5.56 Å². The minimum absolute atomic E-state index is 0.0391. The van der Waals surface area contributed by atoms with Gasteiger partial charge in [-0.25, -0.2) is 0 Å². The monoisotopic (exact) mass is 701 g/mol. The molecule has 3 heterocycles. The lowest BCUT2D eigenvalue weighted by molar-refractivity contribution is -0.295. The third-order valence-corrected chi connectivity index (χ3v) is 11.8. The Kier molecular flexibility index (Phi) is 14.5. The highest BCUT2D eigenvalue weighted by molar-refractivity contribution is 6.04. The zero-order chi connectivity index (χ0) is 36.8. The zero-order valence-electron chi connectivity index (χ0n) is 32.6. The van der Waals surface area contributed by atoms with Crippen LogP contribution in [0.5, 0.6) is 0 Å². The number of piperidine rings is 1. The number of Topliss-reactive ketones (excluding diaryl/α,β-unsaturated/α-hetero) is 1. The summed E-state index contributed by atoms with van der Waals surface area (Å²) < 4.78 is 25.3. The van der Waals surface area contributed by atoms with E-state index in [2.05, 4.69) is 54.0 Å². The van der Waals surface area contributed by atoms with Crippen LogP contribution in [0.4, 0.5) is 0 Å². The lowest BCUT2D eigenvalue weighted by atomic mass is 9.74. The normalized spacial score (nSPS) is 36.0. The van der Waals surface area contributed by atoms with E-state index in [4.69, 9.17) is 18.9 Å². The van der Waals surface area contributed by atoms with Gasteiger partial charge in [0.2, 0.25) is 0 Å². The van der Waals surface area contributed by atoms with Crippen LogP contribution >= 0.6 is 0 Å². The first-order valence-corrected chi connectivity index (χ1v) is 19.0. The molecule has 1 aromatic carbocycles. The van der Waals surface area contributed by atoms with Gasteiger partial charge in [-0.2, -0.15) is 0 Å². The number of aliphatic hydroxyl groups is 1. The molecule has 3 fully saturated rings. The maximum Gasteiger partial charge on any atom is 0.319 e. The Morgan fingerprint density at radius 2 is 1.70 bits per heavy atom. The Bertz CT molecular complexity index is 1220. The number of cyclic esters (lactones) is 1. The summed E-state index contributed by atoms with van der Waals surface area (Å²) in [6.07, 6.45) is 1.58. The van der Waals surface area contributed by atoms with Crippen LogP contribution in [-0.4, -0.2) is 128 Å². The van der Waals surface area contributed by atoms with Gasteiger partial charge in [-0.15, -0.1) is 0 Å². The second-order valence-electron chi connectivity index (χ2n) is 16.5. The fourth-order valence-electron chi connectivity index (χ4n) is 8.69. The van der Waals surface area contributed by atoms with E-state index in [0.29, 0.717) is 18.8 Å². The maximum absolute atomic E-state index is 14.4. The molecule has 50 heavy (non-hydrogen) atoms. The highest BCUT2D eigenvalue weighted by atomic mass is 16.7.